The van der Waals surface area contributed by atoms with Crippen molar-refractivity contribution < 1.29 is 9.53 Å². The Hall–Kier alpha value is -1.04. The molecule has 0 aliphatic carbocycles. The molecule has 0 spiro atoms. The summed E-state index contributed by atoms with van der Waals surface area (Å²) in [7, 11) is 1.90. The fraction of sp³-hybridized carbons (Fsp3) is 0.692. The van der Waals surface area contributed by atoms with Crippen molar-refractivity contribution in [3.63, 3.8) is 0 Å². The average Bonchev–Trinajstić information content (AvgIpc) is 2.53. The molecule has 2 rings (SSSR count). The Morgan fingerprint density at radius 2 is 2.11 bits per heavy atom. The maximum absolute atomic E-state index is 12.2. The number of hydrogen-bond donors (Lipinski definition) is 0. The number of nitrogens with zero attached hydrogens (tertiary/aromatic N) is 3. The average molecular weight is 330 g/mol. The first-order chi connectivity index (χ1) is 8.70. The number of halogens is 1. The predicted octanol–water partition coefficient (Wildman–Crippen LogP) is 3.04. The number of amides is 1. The Balaban J connectivity index is 2.24. The number of ether oxygens (including phenoxy) is 1. The highest BCUT2D eigenvalue weighted by atomic mass is 79.9. The third-order valence-electron chi connectivity index (χ3n) is 3.19. The summed E-state index contributed by atoms with van der Waals surface area (Å²) < 4.78 is 8.19. The van der Waals surface area contributed by atoms with Crippen molar-refractivity contribution in [1.29, 1.82) is 0 Å². The van der Waals surface area contributed by atoms with E-state index in [1.54, 1.807) is 9.58 Å². The molecule has 1 aromatic heterocycles. The van der Waals surface area contributed by atoms with Gasteiger partial charge >= 0.3 is 6.09 Å². The minimum Gasteiger partial charge on any atom is -0.444 e. The molecule has 1 amide bonds. The van der Waals surface area contributed by atoms with Crippen molar-refractivity contribution in [3.8, 4) is 0 Å². The molecule has 6 heteroatoms. The van der Waals surface area contributed by atoms with Crippen LogP contribution in [0.4, 0.5) is 4.79 Å². The molecule has 0 saturated carbocycles. The number of aromatic nitrogens is 2. The Bertz CT molecular complexity index is 505. The number of hydrogen-bond acceptors (Lipinski definition) is 3. The van der Waals surface area contributed by atoms with E-state index in [0.29, 0.717) is 6.54 Å². The lowest BCUT2D eigenvalue weighted by atomic mass is 10.0. The fourth-order valence-electron chi connectivity index (χ4n) is 2.32. The fourth-order valence-corrected chi connectivity index (χ4v) is 2.96. The van der Waals surface area contributed by atoms with Crippen LogP contribution in [0.15, 0.2) is 4.60 Å². The summed E-state index contributed by atoms with van der Waals surface area (Å²) in [5.41, 5.74) is 1.67. The van der Waals surface area contributed by atoms with Gasteiger partial charge in [0, 0.05) is 25.6 Å². The molecule has 0 radical (unpaired) electrons. The Morgan fingerprint density at radius 1 is 1.47 bits per heavy atom. The second kappa shape index (κ2) is 4.81. The Morgan fingerprint density at radius 3 is 2.68 bits per heavy atom. The van der Waals surface area contributed by atoms with E-state index < -0.39 is 5.60 Å². The van der Waals surface area contributed by atoms with Gasteiger partial charge < -0.3 is 9.64 Å². The van der Waals surface area contributed by atoms with E-state index in [1.165, 1.54) is 0 Å². The molecule has 1 unspecified atom stereocenters. The maximum atomic E-state index is 12.2. The van der Waals surface area contributed by atoms with Crippen molar-refractivity contribution >= 4 is 22.0 Å². The second-order valence-electron chi connectivity index (χ2n) is 5.87. The Kier molecular flexibility index (Phi) is 3.64. The van der Waals surface area contributed by atoms with E-state index in [9.17, 15) is 4.79 Å². The second-order valence-corrected chi connectivity index (χ2v) is 6.63. The number of carbonyl (C=O) groups is 1. The van der Waals surface area contributed by atoms with E-state index in [1.807, 2.05) is 34.7 Å². The normalized spacial score (nSPS) is 19.3. The van der Waals surface area contributed by atoms with Gasteiger partial charge in [-0.1, -0.05) is 0 Å². The summed E-state index contributed by atoms with van der Waals surface area (Å²) in [4.78, 5) is 14.0. The van der Waals surface area contributed by atoms with Gasteiger partial charge in [0.1, 0.15) is 10.2 Å². The van der Waals surface area contributed by atoms with Gasteiger partial charge in [-0.25, -0.2) is 4.79 Å². The number of fused-ring (bicyclic) bond motifs is 1. The summed E-state index contributed by atoms with van der Waals surface area (Å²) in [5.74, 6) is 0. The van der Waals surface area contributed by atoms with Crippen LogP contribution in [0.5, 0.6) is 0 Å². The molecule has 19 heavy (non-hydrogen) atoms. The van der Waals surface area contributed by atoms with Gasteiger partial charge in [0.25, 0.3) is 0 Å². The third kappa shape index (κ3) is 2.78. The molecular weight excluding hydrogens is 310 g/mol. The van der Waals surface area contributed by atoms with Crippen molar-refractivity contribution in [3.05, 3.63) is 15.9 Å². The lowest BCUT2D eigenvalue weighted by Gasteiger charge is -2.34. The largest absolute Gasteiger partial charge is 0.444 e. The predicted molar refractivity (Wildman–Crippen MR) is 76.0 cm³/mol. The van der Waals surface area contributed by atoms with Crippen molar-refractivity contribution in [2.45, 2.75) is 45.8 Å². The highest BCUT2D eigenvalue weighted by Crippen LogP contribution is 2.35. The third-order valence-corrected chi connectivity index (χ3v) is 4.13. The van der Waals surface area contributed by atoms with E-state index in [0.717, 1.165) is 22.3 Å². The molecule has 0 saturated heterocycles. The van der Waals surface area contributed by atoms with Gasteiger partial charge in [-0.05, 0) is 43.6 Å². The van der Waals surface area contributed by atoms with E-state index in [2.05, 4.69) is 21.0 Å². The van der Waals surface area contributed by atoms with Crippen LogP contribution in [0.25, 0.3) is 0 Å². The lowest BCUT2D eigenvalue weighted by Crippen LogP contribution is -2.42. The van der Waals surface area contributed by atoms with Gasteiger partial charge in [-0.2, -0.15) is 5.10 Å². The Labute approximate surface area is 122 Å². The molecule has 0 N–H and O–H groups in total. The molecule has 1 aliphatic heterocycles. The van der Waals surface area contributed by atoms with Crippen LogP contribution < -0.4 is 0 Å². The molecule has 0 bridgehead atoms. The van der Waals surface area contributed by atoms with Crippen LogP contribution >= 0.6 is 15.9 Å². The summed E-state index contributed by atoms with van der Waals surface area (Å²) >= 11 is 3.54. The zero-order chi connectivity index (χ0) is 14.4. The molecule has 1 aromatic rings. The molecule has 0 aromatic carbocycles. The lowest BCUT2D eigenvalue weighted by molar-refractivity contribution is 0.0158. The standard InChI is InChI=1S/C13H20BrN3O2/c1-8-10-9(15-16(5)11(10)14)6-7-17(8)12(18)19-13(2,3)4/h8H,6-7H2,1-5H3. The number of aryl methyl sites for hydroxylation is 1. The number of carbonyl (C=O) groups excluding carboxylic acids is 1. The molecular formula is C13H20BrN3O2. The minimum atomic E-state index is -0.469. The zero-order valence-corrected chi connectivity index (χ0v) is 13.6. The van der Waals surface area contributed by atoms with Gasteiger partial charge in [0.2, 0.25) is 0 Å². The van der Waals surface area contributed by atoms with Crippen LogP contribution in [-0.4, -0.2) is 32.9 Å². The minimum absolute atomic E-state index is 0.0262. The highest BCUT2D eigenvalue weighted by molar-refractivity contribution is 9.10. The molecule has 2 heterocycles. The first-order valence-electron chi connectivity index (χ1n) is 6.41. The van der Waals surface area contributed by atoms with Crippen LogP contribution in [0.3, 0.4) is 0 Å². The van der Waals surface area contributed by atoms with Gasteiger partial charge in [0.15, 0.2) is 0 Å². The first kappa shape index (κ1) is 14.4. The quantitative estimate of drug-likeness (QED) is 0.735. The van der Waals surface area contributed by atoms with Crippen LogP contribution in [0.2, 0.25) is 0 Å². The summed E-state index contributed by atoms with van der Waals surface area (Å²) in [6, 6.07) is -0.0262. The van der Waals surface area contributed by atoms with E-state index in [-0.39, 0.29) is 12.1 Å². The monoisotopic (exact) mass is 329 g/mol. The van der Waals surface area contributed by atoms with Gasteiger partial charge in [-0.3, -0.25) is 4.68 Å². The van der Waals surface area contributed by atoms with Crippen LogP contribution in [-0.2, 0) is 18.2 Å². The molecule has 5 nitrogen and oxygen atoms in total. The summed E-state index contributed by atoms with van der Waals surface area (Å²) in [6.07, 6.45) is 0.500. The molecule has 0 fully saturated rings. The van der Waals surface area contributed by atoms with E-state index >= 15 is 0 Å². The highest BCUT2D eigenvalue weighted by Gasteiger charge is 2.34. The van der Waals surface area contributed by atoms with Crippen LogP contribution in [0.1, 0.15) is 45.0 Å². The number of rotatable bonds is 0. The first-order valence-corrected chi connectivity index (χ1v) is 7.21. The molecule has 1 aliphatic rings. The molecule has 106 valence electrons. The topological polar surface area (TPSA) is 47.4 Å². The SMILES string of the molecule is CC1c2c(nn(C)c2Br)CCN1C(=O)OC(C)(C)C. The molecule has 1 atom stereocenters. The van der Waals surface area contributed by atoms with Crippen molar-refractivity contribution in [2.24, 2.45) is 7.05 Å². The smallest absolute Gasteiger partial charge is 0.410 e. The van der Waals surface area contributed by atoms with Gasteiger partial charge in [0.05, 0.1) is 11.7 Å². The summed E-state index contributed by atoms with van der Waals surface area (Å²) in [6.45, 7) is 8.29. The van der Waals surface area contributed by atoms with Gasteiger partial charge in [-0.15, -0.1) is 0 Å². The van der Waals surface area contributed by atoms with E-state index in [4.69, 9.17) is 4.74 Å². The zero-order valence-electron chi connectivity index (χ0n) is 12.0. The summed E-state index contributed by atoms with van der Waals surface area (Å²) in [5, 5.41) is 4.46. The maximum Gasteiger partial charge on any atom is 0.410 e. The van der Waals surface area contributed by atoms with Crippen LogP contribution in [0, 0.1) is 0 Å². The van der Waals surface area contributed by atoms with Crippen molar-refractivity contribution in [2.75, 3.05) is 6.54 Å². The van der Waals surface area contributed by atoms with Crippen molar-refractivity contribution in [1.82, 2.24) is 14.7 Å².